The van der Waals surface area contributed by atoms with Crippen LogP contribution in [0.1, 0.15) is 17.5 Å². The lowest BCUT2D eigenvalue weighted by atomic mass is 9.88. The molecule has 290 valence electrons. The minimum absolute atomic E-state index is 0.643. The van der Waals surface area contributed by atoms with Crippen molar-refractivity contribution in [2.75, 3.05) is 0 Å². The van der Waals surface area contributed by atoms with Crippen LogP contribution < -0.4 is 0 Å². The molecule has 5 heteroatoms. The third kappa shape index (κ3) is 5.38. The Morgan fingerprint density at radius 3 is 1.82 bits per heavy atom. The van der Waals surface area contributed by atoms with Crippen molar-refractivity contribution in [1.29, 1.82) is 0 Å². The van der Waals surface area contributed by atoms with E-state index in [1.165, 1.54) is 21.9 Å². The zero-order chi connectivity index (χ0) is 40.7. The van der Waals surface area contributed by atoms with Gasteiger partial charge in [-0.25, -0.2) is 15.0 Å². The molecule has 9 aromatic carbocycles. The molecular weight excluding hydrogens is 759 g/mol. The third-order valence-corrected chi connectivity index (χ3v) is 12.6. The second kappa shape index (κ2) is 13.7. The van der Waals surface area contributed by atoms with Gasteiger partial charge in [0.25, 0.3) is 0 Å². The quantitative estimate of drug-likeness (QED) is 0.174. The summed E-state index contributed by atoms with van der Waals surface area (Å²) >= 11 is 0. The number of fused-ring (bicyclic) bond motifs is 10. The van der Waals surface area contributed by atoms with Crippen LogP contribution in [-0.4, -0.2) is 15.0 Å². The number of allylic oxidation sites excluding steroid dienone is 1. The molecule has 0 unspecified atom stereocenters. The molecule has 0 aliphatic heterocycles. The highest BCUT2D eigenvalue weighted by Crippen LogP contribution is 2.44. The van der Waals surface area contributed by atoms with Crippen molar-refractivity contribution in [3.8, 4) is 56.4 Å². The molecule has 0 spiro atoms. The summed E-state index contributed by atoms with van der Waals surface area (Å²) in [6, 6.07) is 61.5. The maximum absolute atomic E-state index is 6.68. The maximum Gasteiger partial charge on any atom is 0.164 e. The number of nitrogens with zero attached hydrogens (tertiary/aromatic N) is 3. The average molecular weight is 794 g/mol. The molecule has 0 atom stereocenters. The molecule has 62 heavy (non-hydrogen) atoms. The molecule has 0 saturated heterocycles. The highest BCUT2D eigenvalue weighted by Gasteiger charge is 2.22. The van der Waals surface area contributed by atoms with Gasteiger partial charge in [0, 0.05) is 38.2 Å². The molecule has 5 nitrogen and oxygen atoms in total. The van der Waals surface area contributed by atoms with Crippen molar-refractivity contribution < 1.29 is 8.83 Å². The van der Waals surface area contributed by atoms with Crippen molar-refractivity contribution >= 4 is 71.5 Å². The van der Waals surface area contributed by atoms with E-state index < -0.39 is 0 Å². The van der Waals surface area contributed by atoms with Crippen LogP contribution in [0.25, 0.3) is 128 Å². The number of furan rings is 2. The number of hydrogen-bond acceptors (Lipinski definition) is 5. The van der Waals surface area contributed by atoms with E-state index in [0.29, 0.717) is 17.5 Å². The Labute approximate surface area is 356 Å². The monoisotopic (exact) mass is 793 g/mol. The van der Waals surface area contributed by atoms with E-state index in [1.54, 1.807) is 0 Å². The van der Waals surface area contributed by atoms with Crippen LogP contribution in [-0.2, 0) is 6.42 Å². The Bertz CT molecular complexity index is 3820. The van der Waals surface area contributed by atoms with Gasteiger partial charge in [-0.05, 0) is 104 Å². The van der Waals surface area contributed by atoms with E-state index in [0.717, 1.165) is 106 Å². The fourth-order valence-electron chi connectivity index (χ4n) is 9.81. The van der Waals surface area contributed by atoms with Crippen LogP contribution in [0.15, 0.2) is 191 Å². The van der Waals surface area contributed by atoms with Gasteiger partial charge in [-0.3, -0.25) is 0 Å². The summed E-state index contributed by atoms with van der Waals surface area (Å²) in [5.74, 6) is 1.98. The fraction of sp³-hybridized carbons (Fsp3) is 0.0351. The molecule has 3 aromatic heterocycles. The Morgan fingerprint density at radius 2 is 0.968 bits per heavy atom. The van der Waals surface area contributed by atoms with E-state index in [2.05, 4.69) is 152 Å². The van der Waals surface area contributed by atoms with Gasteiger partial charge in [-0.15, -0.1) is 0 Å². The molecule has 1 aliphatic rings. The Kier molecular flexibility index (Phi) is 7.66. The molecule has 0 radical (unpaired) electrons. The van der Waals surface area contributed by atoms with Gasteiger partial charge in [-0.2, -0.15) is 0 Å². The first kappa shape index (κ1) is 34.7. The van der Waals surface area contributed by atoms with Gasteiger partial charge in [0.15, 0.2) is 17.5 Å². The SMILES string of the molecule is C1=Cc2c(c(-c3nc(-c4ccccc4)nc(-c4cccc5c(-c6cccc7oc8cc(-c9cccc%10oc%11ccccc%11c9%10)ccc8c67)cccc45)n3)cc3ccccc23)CC1. The van der Waals surface area contributed by atoms with E-state index in [9.17, 15) is 0 Å². The van der Waals surface area contributed by atoms with Crippen LogP contribution >= 0.6 is 0 Å². The van der Waals surface area contributed by atoms with E-state index in [1.807, 2.05) is 36.4 Å². The van der Waals surface area contributed by atoms with Crippen molar-refractivity contribution in [3.63, 3.8) is 0 Å². The summed E-state index contributed by atoms with van der Waals surface area (Å²) in [6.45, 7) is 0. The third-order valence-electron chi connectivity index (χ3n) is 12.6. The lowest BCUT2D eigenvalue weighted by Crippen LogP contribution is -2.05. The summed E-state index contributed by atoms with van der Waals surface area (Å²) in [5, 5.41) is 8.98. The zero-order valence-corrected chi connectivity index (χ0v) is 33.5. The fourth-order valence-corrected chi connectivity index (χ4v) is 9.81. The molecule has 0 amide bonds. The van der Waals surface area contributed by atoms with Gasteiger partial charge in [0.2, 0.25) is 0 Å². The number of hydrogen-bond donors (Lipinski definition) is 0. The largest absolute Gasteiger partial charge is 0.456 e. The molecule has 3 heterocycles. The lowest BCUT2D eigenvalue weighted by Gasteiger charge is -2.19. The molecule has 1 aliphatic carbocycles. The van der Waals surface area contributed by atoms with Crippen molar-refractivity contribution in [1.82, 2.24) is 15.0 Å². The minimum Gasteiger partial charge on any atom is -0.456 e. The maximum atomic E-state index is 6.68. The van der Waals surface area contributed by atoms with Gasteiger partial charge < -0.3 is 8.83 Å². The number of rotatable bonds is 5. The van der Waals surface area contributed by atoms with Crippen molar-refractivity contribution in [2.24, 2.45) is 0 Å². The normalized spacial score (nSPS) is 12.6. The minimum atomic E-state index is 0.643. The highest BCUT2D eigenvalue weighted by atomic mass is 16.3. The zero-order valence-electron chi connectivity index (χ0n) is 33.5. The van der Waals surface area contributed by atoms with Gasteiger partial charge in [-0.1, -0.05) is 152 Å². The number of aromatic nitrogens is 3. The van der Waals surface area contributed by atoms with Gasteiger partial charge >= 0.3 is 0 Å². The molecule has 12 aromatic rings. The highest BCUT2D eigenvalue weighted by molar-refractivity contribution is 6.18. The molecule has 0 bridgehead atoms. The van der Waals surface area contributed by atoms with Crippen LogP contribution in [0, 0.1) is 0 Å². The standard InChI is InChI=1S/C57H35N3O2/c1-2-14-34(15-3-1)55-58-56(60-57(59-55)48-32-35-16-4-5-17-37(35)39-18-6-7-19-43(39)48)45-26-11-22-40-41(23-10-24-42(40)45)44-25-13-29-51-54(44)47-31-30-36(33-52(47)62-51)38-21-12-28-50-53(38)46-20-8-9-27-49(46)61-50/h1-6,8-18,20-33H,7,19H2. The topological polar surface area (TPSA) is 65.0 Å². The summed E-state index contributed by atoms with van der Waals surface area (Å²) in [4.78, 5) is 15.8. The molecule has 13 rings (SSSR count). The second-order valence-corrected chi connectivity index (χ2v) is 16.1. The molecule has 0 fully saturated rings. The van der Waals surface area contributed by atoms with Crippen molar-refractivity contribution in [2.45, 2.75) is 12.8 Å². The van der Waals surface area contributed by atoms with Crippen molar-refractivity contribution in [3.05, 3.63) is 193 Å². The predicted molar refractivity (Wildman–Crippen MR) is 254 cm³/mol. The Hall–Kier alpha value is -8.15. The van der Waals surface area contributed by atoms with Crippen LogP contribution in [0.3, 0.4) is 0 Å². The van der Waals surface area contributed by atoms with Gasteiger partial charge in [0.1, 0.15) is 22.3 Å². The first-order valence-corrected chi connectivity index (χ1v) is 21.1. The molecule has 0 saturated carbocycles. The first-order valence-electron chi connectivity index (χ1n) is 21.1. The smallest absolute Gasteiger partial charge is 0.164 e. The summed E-state index contributed by atoms with van der Waals surface area (Å²) in [7, 11) is 0. The predicted octanol–water partition coefficient (Wildman–Crippen LogP) is 15.3. The summed E-state index contributed by atoms with van der Waals surface area (Å²) in [5.41, 5.74) is 13.4. The van der Waals surface area contributed by atoms with Crippen LogP contribution in [0.4, 0.5) is 0 Å². The number of para-hydroxylation sites is 1. The Balaban J connectivity index is 0.982. The second-order valence-electron chi connectivity index (χ2n) is 16.1. The average Bonchev–Trinajstić information content (AvgIpc) is 3.92. The summed E-state index contributed by atoms with van der Waals surface area (Å²) in [6.07, 6.45) is 6.45. The van der Waals surface area contributed by atoms with Crippen LogP contribution in [0.2, 0.25) is 0 Å². The number of benzene rings is 9. The lowest BCUT2D eigenvalue weighted by molar-refractivity contribution is 0.668. The van der Waals surface area contributed by atoms with E-state index >= 15 is 0 Å². The molecular formula is C57H35N3O2. The van der Waals surface area contributed by atoms with E-state index in [4.69, 9.17) is 23.8 Å². The Morgan fingerprint density at radius 1 is 0.371 bits per heavy atom. The summed E-state index contributed by atoms with van der Waals surface area (Å²) < 4.78 is 12.9. The van der Waals surface area contributed by atoms with E-state index in [-0.39, 0.29) is 0 Å². The first-order chi connectivity index (χ1) is 30.7. The van der Waals surface area contributed by atoms with Gasteiger partial charge in [0.05, 0.1) is 0 Å². The van der Waals surface area contributed by atoms with Crippen LogP contribution in [0.5, 0.6) is 0 Å². The molecule has 0 N–H and O–H groups in total.